The molecule has 0 radical (unpaired) electrons. The molecule has 0 aromatic heterocycles. The Kier molecular flexibility index (Phi) is 4.01. The van der Waals surface area contributed by atoms with Gasteiger partial charge >= 0.3 is 0 Å². The minimum atomic E-state index is 0.408. The van der Waals surface area contributed by atoms with E-state index in [1.807, 2.05) is 12.1 Å². The Bertz CT molecular complexity index is 549. The topological polar surface area (TPSA) is 33.6 Å². The molecule has 2 atom stereocenters. The third-order valence-electron chi connectivity index (χ3n) is 3.98. The molecule has 1 N–H and O–H groups in total. The van der Waals surface area contributed by atoms with Crippen LogP contribution in [0.4, 0.5) is 0 Å². The van der Waals surface area contributed by atoms with E-state index in [1.165, 1.54) is 0 Å². The summed E-state index contributed by atoms with van der Waals surface area (Å²) in [7, 11) is 0. The van der Waals surface area contributed by atoms with Gasteiger partial charge < -0.3 is 10.2 Å². The van der Waals surface area contributed by atoms with Crippen LogP contribution in [-0.2, 0) is 4.84 Å². The Hall–Kier alpha value is -1.03. The molecule has 3 rings (SSSR count). The molecule has 2 aliphatic rings. The van der Waals surface area contributed by atoms with E-state index in [4.69, 9.17) is 28.0 Å². The summed E-state index contributed by atoms with van der Waals surface area (Å²) in [5.74, 6) is 1.78. The number of oxime groups is 1. The van der Waals surface area contributed by atoms with Crippen LogP contribution in [0, 0.1) is 17.8 Å². The fraction of sp³-hybridized carbons (Fsp3) is 0.400. The van der Waals surface area contributed by atoms with Crippen LogP contribution < -0.4 is 5.32 Å². The van der Waals surface area contributed by atoms with Gasteiger partial charge in [-0.15, -0.1) is 0 Å². The quantitative estimate of drug-likeness (QED) is 0.391. The van der Waals surface area contributed by atoms with Gasteiger partial charge in [-0.25, -0.2) is 0 Å². The van der Waals surface area contributed by atoms with Gasteiger partial charge in [-0.05, 0) is 37.1 Å². The van der Waals surface area contributed by atoms with Crippen molar-refractivity contribution in [1.29, 1.82) is 0 Å². The lowest BCUT2D eigenvalue weighted by Crippen LogP contribution is -2.20. The second-order valence-electron chi connectivity index (χ2n) is 5.20. The maximum absolute atomic E-state index is 6.11. The number of hydrogen-bond acceptors (Lipinski definition) is 3. The molecule has 0 amide bonds. The maximum atomic E-state index is 6.11. The predicted octanol–water partition coefficient (Wildman–Crippen LogP) is 3.37. The largest absolute Gasteiger partial charge is 0.391 e. The average molecular weight is 311 g/mol. The molecule has 0 spiro atoms. The summed E-state index contributed by atoms with van der Waals surface area (Å²) in [5, 5.41) is 8.80. The number of benzene rings is 1. The zero-order valence-electron chi connectivity index (χ0n) is 11.0. The van der Waals surface area contributed by atoms with Gasteiger partial charge in [0.15, 0.2) is 0 Å². The third kappa shape index (κ3) is 2.58. The van der Waals surface area contributed by atoms with Crippen molar-refractivity contribution in [2.24, 2.45) is 22.9 Å². The Morgan fingerprint density at radius 3 is 2.75 bits per heavy atom. The van der Waals surface area contributed by atoms with E-state index in [0.29, 0.717) is 34.4 Å². The first-order valence-corrected chi connectivity index (χ1v) is 7.45. The molecule has 20 heavy (non-hydrogen) atoms. The van der Waals surface area contributed by atoms with E-state index in [-0.39, 0.29) is 0 Å². The molecule has 0 bridgehead atoms. The highest BCUT2D eigenvalue weighted by molar-refractivity contribution is 6.42. The molecule has 1 aliphatic carbocycles. The van der Waals surface area contributed by atoms with Crippen LogP contribution in [0.1, 0.15) is 5.56 Å². The minimum Gasteiger partial charge on any atom is -0.391 e. The maximum Gasteiger partial charge on any atom is 0.135 e. The first kappa shape index (κ1) is 13.9. The summed E-state index contributed by atoms with van der Waals surface area (Å²) in [5.41, 5.74) is 1.96. The molecule has 1 heterocycles. The van der Waals surface area contributed by atoms with Crippen LogP contribution in [0.3, 0.4) is 0 Å². The van der Waals surface area contributed by atoms with Crippen molar-refractivity contribution in [3.63, 3.8) is 0 Å². The molecular formula is C15H16Cl2N2O. The highest BCUT2D eigenvalue weighted by Gasteiger charge is 2.55. The van der Waals surface area contributed by atoms with Gasteiger partial charge in [0.1, 0.15) is 6.61 Å². The monoisotopic (exact) mass is 310 g/mol. The second kappa shape index (κ2) is 5.76. The lowest BCUT2D eigenvalue weighted by atomic mass is 10.0. The fourth-order valence-corrected chi connectivity index (χ4v) is 3.24. The van der Waals surface area contributed by atoms with E-state index in [0.717, 1.165) is 24.4 Å². The number of rotatable bonds is 5. The van der Waals surface area contributed by atoms with Crippen molar-refractivity contribution in [2.75, 3.05) is 19.7 Å². The average Bonchev–Trinajstić information content (AvgIpc) is 2.90. The number of nitrogens with one attached hydrogen (secondary N) is 1. The van der Waals surface area contributed by atoms with Crippen LogP contribution in [0.2, 0.25) is 10.0 Å². The smallest absolute Gasteiger partial charge is 0.135 e. The summed E-state index contributed by atoms with van der Waals surface area (Å²) in [6.45, 7) is 6.14. The Morgan fingerprint density at radius 2 is 2.10 bits per heavy atom. The highest BCUT2D eigenvalue weighted by atomic mass is 35.5. The molecule has 1 aliphatic heterocycles. The van der Waals surface area contributed by atoms with Crippen LogP contribution in [0.15, 0.2) is 36.0 Å². The van der Waals surface area contributed by atoms with Crippen molar-refractivity contribution in [1.82, 2.24) is 5.32 Å². The molecule has 3 nitrogen and oxygen atoms in total. The lowest BCUT2D eigenvalue weighted by molar-refractivity contribution is 0.173. The normalized spacial score (nSPS) is 28.1. The van der Waals surface area contributed by atoms with Crippen molar-refractivity contribution in [3.05, 3.63) is 46.5 Å². The first-order valence-electron chi connectivity index (χ1n) is 6.69. The van der Waals surface area contributed by atoms with Crippen LogP contribution >= 0.6 is 23.2 Å². The van der Waals surface area contributed by atoms with Gasteiger partial charge in [0, 0.05) is 11.5 Å². The van der Waals surface area contributed by atoms with Crippen molar-refractivity contribution < 1.29 is 4.84 Å². The zero-order chi connectivity index (χ0) is 14.1. The third-order valence-corrected chi connectivity index (χ3v) is 4.72. The number of halogens is 2. The SMILES string of the molecule is C=CCO/N=C(/c1ccc(Cl)c(Cl)c1)C1C2CNCC21. The molecule has 2 unspecified atom stereocenters. The minimum absolute atomic E-state index is 0.408. The molecule has 2 fully saturated rings. The Labute approximate surface area is 128 Å². The van der Waals surface area contributed by atoms with Gasteiger partial charge in [-0.2, -0.15) is 0 Å². The van der Waals surface area contributed by atoms with Crippen molar-refractivity contribution in [2.45, 2.75) is 0 Å². The van der Waals surface area contributed by atoms with Gasteiger partial charge in [0.2, 0.25) is 0 Å². The summed E-state index contributed by atoms with van der Waals surface area (Å²) in [6.07, 6.45) is 1.69. The number of fused-ring (bicyclic) bond motifs is 1. The van der Waals surface area contributed by atoms with E-state index >= 15 is 0 Å². The summed E-state index contributed by atoms with van der Waals surface area (Å²) >= 11 is 12.1. The van der Waals surface area contributed by atoms with E-state index in [9.17, 15) is 0 Å². The number of piperidine rings is 1. The molecule has 1 saturated heterocycles. The standard InChI is InChI=1S/C15H16Cl2N2O/c1-2-5-20-19-15(14-10-7-18-8-11(10)14)9-3-4-12(16)13(17)6-9/h2-4,6,10-11,14,18H,1,5,7-8H2/b19-15-. The molecule has 1 aromatic carbocycles. The van der Waals surface area contributed by atoms with E-state index in [1.54, 1.807) is 12.1 Å². The highest BCUT2D eigenvalue weighted by Crippen LogP contribution is 2.50. The molecular weight excluding hydrogens is 295 g/mol. The summed E-state index contributed by atoms with van der Waals surface area (Å²) < 4.78 is 0. The Morgan fingerprint density at radius 1 is 1.35 bits per heavy atom. The fourth-order valence-electron chi connectivity index (χ4n) is 2.94. The molecule has 1 saturated carbocycles. The Balaban J connectivity index is 1.86. The predicted molar refractivity (Wildman–Crippen MR) is 82.5 cm³/mol. The van der Waals surface area contributed by atoms with E-state index < -0.39 is 0 Å². The second-order valence-corrected chi connectivity index (χ2v) is 6.02. The van der Waals surface area contributed by atoms with Gasteiger partial charge in [0.05, 0.1) is 15.8 Å². The van der Waals surface area contributed by atoms with Gasteiger partial charge in [-0.1, -0.05) is 47.1 Å². The van der Waals surface area contributed by atoms with Crippen LogP contribution in [0.25, 0.3) is 0 Å². The van der Waals surface area contributed by atoms with Crippen molar-refractivity contribution in [3.8, 4) is 0 Å². The van der Waals surface area contributed by atoms with E-state index in [2.05, 4.69) is 17.1 Å². The van der Waals surface area contributed by atoms with Crippen molar-refractivity contribution >= 4 is 28.9 Å². The zero-order valence-corrected chi connectivity index (χ0v) is 12.5. The summed E-state index contributed by atoms with van der Waals surface area (Å²) in [6, 6.07) is 5.62. The summed E-state index contributed by atoms with van der Waals surface area (Å²) in [4.78, 5) is 5.31. The molecule has 5 heteroatoms. The number of hydrogen-bond donors (Lipinski definition) is 1. The first-order chi connectivity index (χ1) is 9.72. The lowest BCUT2D eigenvalue weighted by Gasteiger charge is -2.10. The van der Waals surface area contributed by atoms with Crippen LogP contribution in [-0.4, -0.2) is 25.4 Å². The van der Waals surface area contributed by atoms with Crippen LogP contribution in [0.5, 0.6) is 0 Å². The molecule has 1 aromatic rings. The van der Waals surface area contributed by atoms with Gasteiger partial charge in [-0.3, -0.25) is 0 Å². The van der Waals surface area contributed by atoms with Gasteiger partial charge in [0.25, 0.3) is 0 Å². The number of nitrogens with zero attached hydrogens (tertiary/aromatic N) is 1. The molecule has 106 valence electrons.